The van der Waals surface area contributed by atoms with Gasteiger partial charge in [-0.25, -0.2) is 13.4 Å². The Morgan fingerprint density at radius 2 is 2.10 bits per heavy atom. The van der Waals surface area contributed by atoms with Crippen molar-refractivity contribution >= 4 is 27.3 Å². The zero-order valence-corrected chi connectivity index (χ0v) is 13.6. The van der Waals surface area contributed by atoms with E-state index in [1.54, 1.807) is 33.1 Å². The second-order valence-corrected chi connectivity index (χ2v) is 7.78. The number of hydrogen-bond acceptors (Lipinski definition) is 3. The number of piperidine rings is 1. The molecule has 2 aromatic rings. The summed E-state index contributed by atoms with van der Waals surface area (Å²) in [6.45, 7) is 4.57. The van der Waals surface area contributed by atoms with Crippen LogP contribution in [0.4, 0.5) is 0 Å². The molecule has 3 heterocycles. The molecule has 0 amide bonds. The van der Waals surface area contributed by atoms with E-state index in [9.17, 15) is 8.42 Å². The molecule has 114 valence electrons. The van der Waals surface area contributed by atoms with Gasteiger partial charge in [0.1, 0.15) is 5.65 Å². The molecule has 1 aliphatic heterocycles. The first kappa shape index (κ1) is 14.8. The van der Waals surface area contributed by atoms with E-state index in [0.717, 1.165) is 12.8 Å². The number of fused-ring (bicyclic) bond motifs is 1. The van der Waals surface area contributed by atoms with E-state index in [2.05, 4.69) is 11.9 Å². The molecule has 0 aromatic carbocycles. The zero-order chi connectivity index (χ0) is 15.2. The van der Waals surface area contributed by atoms with Crippen LogP contribution in [-0.2, 0) is 10.0 Å². The van der Waals surface area contributed by atoms with E-state index < -0.39 is 10.0 Å². The SMILES string of the molecule is CC1CCCN(S(=O)(=O)c2c(Cl)nc3ccccn23)C1C. The van der Waals surface area contributed by atoms with E-state index in [1.165, 1.54) is 0 Å². The molecule has 0 aliphatic carbocycles. The minimum Gasteiger partial charge on any atom is -0.288 e. The van der Waals surface area contributed by atoms with Gasteiger partial charge in [-0.1, -0.05) is 24.6 Å². The first-order valence-electron chi connectivity index (χ1n) is 7.07. The lowest BCUT2D eigenvalue weighted by Crippen LogP contribution is -2.46. The highest BCUT2D eigenvalue weighted by molar-refractivity contribution is 7.89. The number of hydrogen-bond donors (Lipinski definition) is 0. The van der Waals surface area contributed by atoms with Crippen LogP contribution in [0.1, 0.15) is 26.7 Å². The number of sulfonamides is 1. The number of halogens is 1. The summed E-state index contributed by atoms with van der Waals surface area (Å²) >= 11 is 6.12. The first-order chi connectivity index (χ1) is 9.93. The Balaban J connectivity index is 2.14. The maximum Gasteiger partial charge on any atom is 0.262 e. The highest BCUT2D eigenvalue weighted by atomic mass is 35.5. The molecule has 21 heavy (non-hydrogen) atoms. The molecule has 0 bridgehead atoms. The second kappa shape index (κ2) is 5.26. The van der Waals surface area contributed by atoms with Gasteiger partial charge in [-0.3, -0.25) is 4.40 Å². The van der Waals surface area contributed by atoms with Crippen LogP contribution in [0.15, 0.2) is 29.4 Å². The van der Waals surface area contributed by atoms with Crippen molar-refractivity contribution in [1.29, 1.82) is 0 Å². The largest absolute Gasteiger partial charge is 0.288 e. The molecule has 1 fully saturated rings. The van der Waals surface area contributed by atoms with Gasteiger partial charge in [-0.15, -0.1) is 0 Å². The third kappa shape index (κ3) is 2.35. The summed E-state index contributed by atoms with van der Waals surface area (Å²) in [7, 11) is -3.66. The van der Waals surface area contributed by atoms with Gasteiger partial charge in [0.2, 0.25) is 0 Å². The molecular weight excluding hydrogens is 310 g/mol. The fourth-order valence-electron chi connectivity index (χ4n) is 2.92. The number of aromatic nitrogens is 2. The molecule has 5 nitrogen and oxygen atoms in total. The van der Waals surface area contributed by atoms with E-state index >= 15 is 0 Å². The van der Waals surface area contributed by atoms with Gasteiger partial charge in [0.25, 0.3) is 10.0 Å². The molecule has 1 saturated heterocycles. The minimum atomic E-state index is -3.66. The molecule has 0 N–H and O–H groups in total. The number of nitrogens with zero attached hydrogens (tertiary/aromatic N) is 3. The fraction of sp³-hybridized carbons (Fsp3) is 0.500. The summed E-state index contributed by atoms with van der Waals surface area (Å²) in [5.41, 5.74) is 0.541. The van der Waals surface area contributed by atoms with Crippen LogP contribution in [0.3, 0.4) is 0 Å². The highest BCUT2D eigenvalue weighted by Gasteiger charge is 2.37. The van der Waals surface area contributed by atoms with Crippen LogP contribution in [0.25, 0.3) is 5.65 Å². The molecular formula is C14H18ClN3O2S. The summed E-state index contributed by atoms with van der Waals surface area (Å²) in [4.78, 5) is 4.14. The van der Waals surface area contributed by atoms with Gasteiger partial charge >= 0.3 is 0 Å². The van der Waals surface area contributed by atoms with Gasteiger partial charge in [-0.05, 0) is 37.8 Å². The lowest BCUT2D eigenvalue weighted by molar-refractivity contribution is 0.202. The highest BCUT2D eigenvalue weighted by Crippen LogP contribution is 2.32. The second-order valence-electron chi connectivity index (χ2n) is 5.61. The summed E-state index contributed by atoms with van der Waals surface area (Å²) < 4.78 is 29.1. The van der Waals surface area contributed by atoms with Crippen molar-refractivity contribution in [2.45, 2.75) is 37.8 Å². The number of pyridine rings is 1. The van der Waals surface area contributed by atoms with Crippen molar-refractivity contribution in [3.05, 3.63) is 29.5 Å². The minimum absolute atomic E-state index is 0.0333. The van der Waals surface area contributed by atoms with Crippen LogP contribution >= 0.6 is 11.6 Å². The Labute approximate surface area is 129 Å². The predicted molar refractivity (Wildman–Crippen MR) is 82.0 cm³/mol. The topological polar surface area (TPSA) is 54.7 Å². The first-order valence-corrected chi connectivity index (χ1v) is 8.89. The molecule has 3 rings (SSSR count). The Morgan fingerprint density at radius 3 is 2.86 bits per heavy atom. The van der Waals surface area contributed by atoms with Crippen molar-refractivity contribution in [2.24, 2.45) is 5.92 Å². The normalized spacial score (nSPS) is 24.5. The Bertz CT molecular complexity index is 772. The summed E-state index contributed by atoms with van der Waals surface area (Å²) in [5.74, 6) is 0.339. The van der Waals surface area contributed by atoms with E-state index in [0.29, 0.717) is 18.1 Å². The molecule has 0 radical (unpaired) electrons. The van der Waals surface area contributed by atoms with Crippen molar-refractivity contribution in [2.75, 3.05) is 6.54 Å². The van der Waals surface area contributed by atoms with Crippen molar-refractivity contribution in [3.8, 4) is 0 Å². The average molecular weight is 328 g/mol. The van der Waals surface area contributed by atoms with Crippen molar-refractivity contribution < 1.29 is 8.42 Å². The van der Waals surface area contributed by atoms with Gasteiger partial charge in [-0.2, -0.15) is 4.31 Å². The number of imidazole rings is 1. The van der Waals surface area contributed by atoms with Gasteiger partial charge in [0.15, 0.2) is 10.2 Å². The van der Waals surface area contributed by atoms with E-state index in [4.69, 9.17) is 11.6 Å². The Kier molecular flexibility index (Phi) is 3.71. The lowest BCUT2D eigenvalue weighted by Gasteiger charge is -2.36. The maximum atomic E-state index is 13.0. The van der Waals surface area contributed by atoms with Crippen LogP contribution < -0.4 is 0 Å². The Hall–Kier alpha value is -1.11. The fourth-order valence-corrected chi connectivity index (χ4v) is 5.29. The summed E-state index contributed by atoms with van der Waals surface area (Å²) in [6, 6.07) is 5.29. The molecule has 2 aromatic heterocycles. The van der Waals surface area contributed by atoms with Crippen molar-refractivity contribution in [3.63, 3.8) is 0 Å². The maximum absolute atomic E-state index is 13.0. The zero-order valence-electron chi connectivity index (χ0n) is 12.0. The molecule has 0 spiro atoms. The molecule has 0 saturated carbocycles. The van der Waals surface area contributed by atoms with Crippen LogP contribution in [-0.4, -0.2) is 34.7 Å². The molecule has 7 heteroatoms. The van der Waals surface area contributed by atoms with Crippen LogP contribution in [0.2, 0.25) is 5.15 Å². The van der Waals surface area contributed by atoms with E-state index in [-0.39, 0.29) is 16.2 Å². The predicted octanol–water partition coefficient (Wildman–Crippen LogP) is 2.80. The Morgan fingerprint density at radius 1 is 1.33 bits per heavy atom. The third-order valence-corrected chi connectivity index (χ3v) is 6.70. The molecule has 2 atom stereocenters. The van der Waals surface area contributed by atoms with Gasteiger partial charge in [0.05, 0.1) is 0 Å². The summed E-state index contributed by atoms with van der Waals surface area (Å²) in [6.07, 6.45) is 3.60. The quantitative estimate of drug-likeness (QED) is 0.852. The standard InChI is InChI=1S/C14H18ClN3O2S/c1-10-6-5-9-18(11(10)2)21(19,20)14-13(15)16-12-7-3-4-8-17(12)14/h3-4,7-8,10-11H,5-6,9H2,1-2H3. The van der Waals surface area contributed by atoms with Gasteiger partial charge in [0, 0.05) is 18.8 Å². The van der Waals surface area contributed by atoms with Crippen molar-refractivity contribution in [1.82, 2.24) is 13.7 Å². The average Bonchev–Trinajstić information content (AvgIpc) is 2.78. The summed E-state index contributed by atoms with van der Waals surface area (Å²) in [5, 5.41) is 0.104. The molecule has 1 aliphatic rings. The van der Waals surface area contributed by atoms with Crippen LogP contribution in [0, 0.1) is 5.92 Å². The third-order valence-electron chi connectivity index (χ3n) is 4.32. The smallest absolute Gasteiger partial charge is 0.262 e. The lowest BCUT2D eigenvalue weighted by atomic mass is 9.94. The van der Waals surface area contributed by atoms with Gasteiger partial charge < -0.3 is 0 Å². The van der Waals surface area contributed by atoms with Crippen LogP contribution in [0.5, 0.6) is 0 Å². The number of rotatable bonds is 2. The molecule has 2 unspecified atom stereocenters. The van der Waals surface area contributed by atoms with E-state index in [1.807, 2.05) is 6.92 Å². The monoisotopic (exact) mass is 327 g/mol.